The number of nitrogens with two attached hydrogens (primary N) is 1. The van der Waals surface area contributed by atoms with Gasteiger partial charge in [-0.15, -0.1) is 0 Å². The molecule has 0 aliphatic heterocycles. The molecule has 0 radical (unpaired) electrons. The van der Waals surface area contributed by atoms with Gasteiger partial charge in [-0.1, -0.05) is 19.3 Å². The number of aromatic hydroxyl groups is 1. The Bertz CT molecular complexity index is 1510. The first-order chi connectivity index (χ1) is 19.7. The van der Waals surface area contributed by atoms with Crippen LogP contribution in [0, 0.1) is 23.7 Å². The first kappa shape index (κ1) is 30.6. The number of benzene rings is 1. The maximum absolute atomic E-state index is 14.0. The number of ketones is 2. The fourth-order valence-electron chi connectivity index (χ4n) is 6.26. The summed E-state index contributed by atoms with van der Waals surface area (Å²) in [5.74, 6) is -3.31. The summed E-state index contributed by atoms with van der Waals surface area (Å²) in [6.45, 7) is 2.13. The standard InChI is InChI=1S/C30H35N3O9/c1-6-7-10-42-19(34)9-8-14-13-18(32(2)3)16-11-15-12-17-23(33(4)5)26(37)22(29(31)40)28(39)30(17,41)27(38)20(15)25(36)21(16)24(14)35/h13,15,17,23,35,37-38,41H,6-7,10-12H2,1-5H3,(H2,31,40)/t15-,17-,23-,30-/m1/s1. The van der Waals surface area contributed by atoms with Gasteiger partial charge in [0.05, 0.1) is 23.8 Å². The largest absolute Gasteiger partial charge is 0.510 e. The number of allylic oxidation sites excluding steroid dienone is 1. The SMILES string of the molecule is CCCCOC(=O)C#Cc1cc(N(C)C)c2c(c1O)C(=O)C1=C(O)[C@@]3(O)C(=O)C(C(N)=O)=C(O)[C@H](N(C)C)[C@H]3C[C@H]1C2. The second kappa shape index (κ2) is 11.2. The fraction of sp³-hybridized carbons (Fsp3) is 0.467. The van der Waals surface area contributed by atoms with Crippen molar-refractivity contribution < 1.29 is 44.3 Å². The molecule has 0 bridgehead atoms. The Kier molecular flexibility index (Phi) is 8.13. The number of aliphatic hydroxyl groups excluding tert-OH is 2. The number of rotatable bonds is 6. The third kappa shape index (κ3) is 4.68. The zero-order valence-electron chi connectivity index (χ0n) is 24.1. The number of Topliss-reactive ketones (excluding diaryl/α,β-unsaturated/α-hetero) is 2. The van der Waals surface area contributed by atoms with Crippen molar-refractivity contribution in [3.63, 3.8) is 0 Å². The molecule has 12 nitrogen and oxygen atoms in total. The van der Waals surface area contributed by atoms with Gasteiger partial charge in [-0.2, -0.15) is 0 Å². The number of phenols is 1. The molecule has 0 saturated heterocycles. The fourth-order valence-corrected chi connectivity index (χ4v) is 6.26. The summed E-state index contributed by atoms with van der Waals surface area (Å²) in [6.07, 6.45) is 1.59. The normalized spacial score (nSPS) is 24.9. The van der Waals surface area contributed by atoms with Crippen LogP contribution in [0.5, 0.6) is 5.75 Å². The number of amides is 1. The number of aliphatic hydroxyl groups is 3. The molecule has 12 heteroatoms. The highest BCUT2D eigenvalue weighted by molar-refractivity contribution is 6.25. The first-order valence-corrected chi connectivity index (χ1v) is 13.6. The van der Waals surface area contributed by atoms with Gasteiger partial charge >= 0.3 is 5.97 Å². The summed E-state index contributed by atoms with van der Waals surface area (Å²) in [5.41, 5.74) is 2.25. The third-order valence-electron chi connectivity index (χ3n) is 8.21. The lowest BCUT2D eigenvalue weighted by molar-refractivity contribution is -0.148. The van der Waals surface area contributed by atoms with Crippen LogP contribution in [0.3, 0.4) is 0 Å². The predicted octanol–water partition coefficient (Wildman–Crippen LogP) is 0.881. The van der Waals surface area contributed by atoms with E-state index in [-0.39, 0.29) is 36.1 Å². The molecule has 0 heterocycles. The molecule has 0 saturated carbocycles. The summed E-state index contributed by atoms with van der Waals surface area (Å²) in [5, 5.41) is 45.3. The molecule has 3 aliphatic rings. The molecule has 4 rings (SSSR count). The van der Waals surface area contributed by atoms with Gasteiger partial charge in [-0.05, 0) is 50.9 Å². The van der Waals surface area contributed by atoms with E-state index in [1.165, 1.54) is 4.90 Å². The molecule has 1 aromatic carbocycles. The van der Waals surface area contributed by atoms with Crippen molar-refractivity contribution in [2.45, 2.75) is 44.2 Å². The number of carbonyl (C=O) groups excluding carboxylic acids is 4. The van der Waals surface area contributed by atoms with Crippen LogP contribution < -0.4 is 10.6 Å². The number of phenolic OH excluding ortho intramolecular Hbond substituents is 1. The van der Waals surface area contributed by atoms with Crippen LogP contribution in [0.2, 0.25) is 0 Å². The average Bonchev–Trinajstić information content (AvgIpc) is 2.89. The lowest BCUT2D eigenvalue weighted by atomic mass is 9.58. The highest BCUT2D eigenvalue weighted by Gasteiger charge is 2.63. The minimum atomic E-state index is -2.73. The summed E-state index contributed by atoms with van der Waals surface area (Å²) in [7, 11) is 6.59. The van der Waals surface area contributed by atoms with Crippen molar-refractivity contribution in [3.8, 4) is 17.6 Å². The lowest BCUT2D eigenvalue weighted by Gasteiger charge is -2.50. The van der Waals surface area contributed by atoms with Gasteiger partial charge < -0.3 is 35.8 Å². The molecule has 224 valence electrons. The zero-order valence-corrected chi connectivity index (χ0v) is 24.1. The third-order valence-corrected chi connectivity index (χ3v) is 8.21. The number of fused-ring (bicyclic) bond motifs is 3. The van der Waals surface area contributed by atoms with Gasteiger partial charge in [0.15, 0.2) is 11.4 Å². The van der Waals surface area contributed by atoms with Crippen LogP contribution in [0.1, 0.15) is 47.7 Å². The summed E-state index contributed by atoms with van der Waals surface area (Å²) in [6, 6.07) is 0.467. The number of anilines is 1. The Hall–Kier alpha value is -4.34. The van der Waals surface area contributed by atoms with Crippen LogP contribution in [0.25, 0.3) is 0 Å². The van der Waals surface area contributed by atoms with Crippen LogP contribution in [0.4, 0.5) is 5.69 Å². The average molecular weight is 582 g/mol. The van der Waals surface area contributed by atoms with Gasteiger partial charge in [0, 0.05) is 37.2 Å². The summed E-state index contributed by atoms with van der Waals surface area (Å²) in [4.78, 5) is 54.9. The number of hydrogen-bond acceptors (Lipinski definition) is 11. The predicted molar refractivity (Wildman–Crippen MR) is 151 cm³/mol. The number of hydrogen-bond donors (Lipinski definition) is 5. The van der Waals surface area contributed by atoms with Crippen molar-refractivity contribution in [3.05, 3.63) is 45.4 Å². The van der Waals surface area contributed by atoms with Crippen LogP contribution in [-0.2, 0) is 25.5 Å². The Morgan fingerprint density at radius 3 is 2.40 bits per heavy atom. The molecular formula is C30H35N3O9. The van der Waals surface area contributed by atoms with Gasteiger partial charge in [0.1, 0.15) is 22.8 Å². The van der Waals surface area contributed by atoms with Crippen LogP contribution >= 0.6 is 0 Å². The number of ether oxygens (including phenoxy) is 1. The number of primary amides is 1. The highest BCUT2D eigenvalue weighted by atomic mass is 16.5. The van der Waals surface area contributed by atoms with Crippen LogP contribution in [0.15, 0.2) is 28.7 Å². The molecule has 1 amide bonds. The van der Waals surface area contributed by atoms with Crippen molar-refractivity contribution in [1.82, 2.24) is 4.90 Å². The molecule has 0 spiro atoms. The van der Waals surface area contributed by atoms with E-state index in [9.17, 15) is 39.6 Å². The second-order valence-corrected chi connectivity index (χ2v) is 11.2. The molecule has 1 aromatic rings. The molecule has 6 N–H and O–H groups in total. The molecule has 4 atom stereocenters. The van der Waals surface area contributed by atoms with E-state index in [0.717, 1.165) is 6.42 Å². The van der Waals surface area contributed by atoms with Crippen LogP contribution in [-0.4, -0.2) is 95.2 Å². The number of carbonyl (C=O) groups is 4. The molecular weight excluding hydrogens is 546 g/mol. The maximum atomic E-state index is 14.0. The van der Waals surface area contributed by atoms with E-state index in [4.69, 9.17) is 10.5 Å². The molecule has 0 fully saturated rings. The summed E-state index contributed by atoms with van der Waals surface area (Å²) >= 11 is 0. The minimum absolute atomic E-state index is 0.0233. The van der Waals surface area contributed by atoms with E-state index in [0.29, 0.717) is 17.7 Å². The van der Waals surface area contributed by atoms with E-state index < -0.39 is 69.8 Å². The molecule has 0 unspecified atom stereocenters. The second-order valence-electron chi connectivity index (χ2n) is 11.2. The zero-order chi connectivity index (χ0) is 31.3. The Labute approximate surface area is 243 Å². The number of nitrogens with zero attached hydrogens (tertiary/aromatic N) is 2. The number of esters is 1. The van der Waals surface area contributed by atoms with Crippen molar-refractivity contribution in [1.29, 1.82) is 0 Å². The van der Waals surface area contributed by atoms with Gasteiger partial charge in [0.2, 0.25) is 5.78 Å². The Balaban J connectivity index is 1.89. The molecule has 3 aliphatic carbocycles. The van der Waals surface area contributed by atoms with Crippen molar-refractivity contribution >= 4 is 29.1 Å². The smallest absolute Gasteiger partial charge is 0.384 e. The molecule has 42 heavy (non-hydrogen) atoms. The Morgan fingerprint density at radius 1 is 1.17 bits per heavy atom. The minimum Gasteiger partial charge on any atom is -0.510 e. The van der Waals surface area contributed by atoms with E-state index in [1.54, 1.807) is 39.2 Å². The Morgan fingerprint density at radius 2 is 1.83 bits per heavy atom. The first-order valence-electron chi connectivity index (χ1n) is 13.6. The van der Waals surface area contributed by atoms with E-state index >= 15 is 0 Å². The van der Waals surface area contributed by atoms with E-state index in [1.807, 2.05) is 6.92 Å². The lowest BCUT2D eigenvalue weighted by Crippen LogP contribution is -2.63. The maximum Gasteiger partial charge on any atom is 0.384 e. The van der Waals surface area contributed by atoms with E-state index in [2.05, 4.69) is 11.8 Å². The van der Waals surface area contributed by atoms with Crippen molar-refractivity contribution in [2.24, 2.45) is 17.6 Å². The topological polar surface area (TPSA) is 191 Å². The van der Waals surface area contributed by atoms with Crippen molar-refractivity contribution in [2.75, 3.05) is 39.7 Å². The van der Waals surface area contributed by atoms with Gasteiger partial charge in [-0.25, -0.2) is 4.79 Å². The molecule has 0 aromatic heterocycles. The number of unbranched alkanes of at least 4 members (excludes halogenated alkanes) is 1. The van der Waals surface area contributed by atoms with Gasteiger partial charge in [-0.3, -0.25) is 19.3 Å². The quantitative estimate of drug-likeness (QED) is 0.139. The monoisotopic (exact) mass is 581 g/mol. The number of likely N-dealkylation sites (N-methyl/N-ethyl adjacent to an activating group) is 1. The highest BCUT2D eigenvalue weighted by Crippen LogP contribution is 2.53. The van der Waals surface area contributed by atoms with Gasteiger partial charge in [0.25, 0.3) is 5.91 Å². The summed E-state index contributed by atoms with van der Waals surface area (Å²) < 4.78 is 5.04.